The lowest BCUT2D eigenvalue weighted by atomic mass is 9.88. The number of carbonyl (C=O) groups excluding carboxylic acids is 2. The summed E-state index contributed by atoms with van der Waals surface area (Å²) < 4.78 is 0.968. The molecule has 2 amide bonds. The predicted molar refractivity (Wildman–Crippen MR) is 68.5 cm³/mol. The maximum absolute atomic E-state index is 11.8. The number of benzene rings is 1. The molecule has 0 atom stereocenters. The molecule has 1 heterocycles. The molecule has 1 aromatic rings. The van der Waals surface area contributed by atoms with Crippen LogP contribution in [-0.2, 0) is 9.59 Å². The van der Waals surface area contributed by atoms with Gasteiger partial charge in [-0.25, -0.2) is 0 Å². The Bertz CT molecular complexity index is 440. The number of halogens is 1. The zero-order valence-electron chi connectivity index (χ0n) is 9.65. The van der Waals surface area contributed by atoms with Crippen molar-refractivity contribution in [2.45, 2.75) is 25.7 Å². The average Bonchev–Trinajstić information content (AvgIpc) is 2.29. The minimum absolute atomic E-state index is 0.00775. The standard InChI is InChI=1S/C13H14BrNO2/c1-2-15-12(16)7-9(8-13(15)17)10-5-3-4-6-11(10)14/h3-6,9H,2,7-8H2,1H3. The highest BCUT2D eigenvalue weighted by Gasteiger charge is 2.32. The van der Waals surface area contributed by atoms with Crippen molar-refractivity contribution in [3.05, 3.63) is 34.3 Å². The second-order valence-electron chi connectivity index (χ2n) is 4.16. The first-order valence-corrected chi connectivity index (χ1v) is 6.50. The molecule has 3 nitrogen and oxygen atoms in total. The predicted octanol–water partition coefficient (Wildman–Crippen LogP) is 2.70. The van der Waals surface area contributed by atoms with E-state index in [4.69, 9.17) is 0 Å². The lowest BCUT2D eigenvalue weighted by molar-refractivity contribution is -0.148. The van der Waals surface area contributed by atoms with Gasteiger partial charge in [0.2, 0.25) is 11.8 Å². The summed E-state index contributed by atoms with van der Waals surface area (Å²) in [6.07, 6.45) is 0.838. The van der Waals surface area contributed by atoms with E-state index in [0.29, 0.717) is 19.4 Å². The van der Waals surface area contributed by atoms with E-state index in [1.54, 1.807) is 0 Å². The maximum Gasteiger partial charge on any atom is 0.229 e. The number of piperidine rings is 1. The van der Waals surface area contributed by atoms with Gasteiger partial charge in [-0.2, -0.15) is 0 Å². The lowest BCUT2D eigenvalue weighted by Crippen LogP contribution is -2.42. The summed E-state index contributed by atoms with van der Waals surface area (Å²) in [5, 5.41) is 0. The van der Waals surface area contributed by atoms with Gasteiger partial charge in [0.15, 0.2) is 0 Å². The fourth-order valence-electron chi connectivity index (χ4n) is 2.23. The molecule has 1 fully saturated rings. The Balaban J connectivity index is 2.24. The summed E-state index contributed by atoms with van der Waals surface area (Å²) in [6.45, 7) is 2.30. The average molecular weight is 296 g/mol. The van der Waals surface area contributed by atoms with E-state index in [1.165, 1.54) is 4.90 Å². The van der Waals surface area contributed by atoms with Crippen molar-refractivity contribution in [1.29, 1.82) is 0 Å². The normalized spacial score (nSPS) is 17.6. The maximum atomic E-state index is 11.8. The third-order valence-corrected chi connectivity index (χ3v) is 3.83. The van der Waals surface area contributed by atoms with Crippen LogP contribution in [0.5, 0.6) is 0 Å². The SMILES string of the molecule is CCN1C(=O)CC(c2ccccc2Br)CC1=O. The Morgan fingerprint density at radius 1 is 1.24 bits per heavy atom. The topological polar surface area (TPSA) is 37.4 Å². The number of likely N-dealkylation sites (tertiary alicyclic amines) is 1. The van der Waals surface area contributed by atoms with Crippen molar-refractivity contribution in [1.82, 2.24) is 4.90 Å². The van der Waals surface area contributed by atoms with Crippen LogP contribution in [0.25, 0.3) is 0 Å². The molecule has 0 saturated carbocycles. The Kier molecular flexibility index (Phi) is 3.62. The monoisotopic (exact) mass is 295 g/mol. The highest BCUT2D eigenvalue weighted by molar-refractivity contribution is 9.10. The number of nitrogens with zero attached hydrogens (tertiary/aromatic N) is 1. The first-order valence-electron chi connectivity index (χ1n) is 5.71. The van der Waals surface area contributed by atoms with Crippen molar-refractivity contribution in [2.24, 2.45) is 0 Å². The molecule has 0 N–H and O–H groups in total. The first kappa shape index (κ1) is 12.3. The van der Waals surface area contributed by atoms with E-state index in [2.05, 4.69) is 15.9 Å². The fraction of sp³-hybridized carbons (Fsp3) is 0.385. The van der Waals surface area contributed by atoms with Crippen LogP contribution in [0.2, 0.25) is 0 Å². The molecule has 2 rings (SSSR count). The molecule has 0 radical (unpaired) electrons. The molecule has 1 aliphatic heterocycles. The summed E-state index contributed by atoms with van der Waals surface area (Å²) in [5.41, 5.74) is 1.05. The van der Waals surface area contributed by atoms with Gasteiger partial charge >= 0.3 is 0 Å². The molecular formula is C13H14BrNO2. The second-order valence-corrected chi connectivity index (χ2v) is 5.01. The van der Waals surface area contributed by atoms with Gasteiger partial charge in [0.25, 0.3) is 0 Å². The van der Waals surface area contributed by atoms with Crippen molar-refractivity contribution in [3.8, 4) is 0 Å². The highest BCUT2D eigenvalue weighted by Crippen LogP contribution is 2.33. The number of imide groups is 1. The van der Waals surface area contributed by atoms with E-state index in [9.17, 15) is 9.59 Å². The van der Waals surface area contributed by atoms with E-state index >= 15 is 0 Å². The first-order chi connectivity index (χ1) is 8.13. The molecule has 1 aromatic carbocycles. The van der Waals surface area contributed by atoms with Crippen molar-refractivity contribution in [2.75, 3.05) is 6.54 Å². The van der Waals surface area contributed by atoms with Crippen LogP contribution in [0.4, 0.5) is 0 Å². The van der Waals surface area contributed by atoms with Crippen molar-refractivity contribution < 1.29 is 9.59 Å². The third-order valence-electron chi connectivity index (χ3n) is 3.11. The van der Waals surface area contributed by atoms with Crippen LogP contribution in [0.1, 0.15) is 31.2 Å². The largest absolute Gasteiger partial charge is 0.283 e. The number of rotatable bonds is 2. The number of carbonyl (C=O) groups is 2. The minimum Gasteiger partial charge on any atom is -0.283 e. The molecule has 0 aliphatic carbocycles. The molecule has 0 aromatic heterocycles. The molecule has 1 aliphatic rings. The van der Waals surface area contributed by atoms with E-state index in [-0.39, 0.29) is 17.7 Å². The molecule has 1 saturated heterocycles. The van der Waals surface area contributed by atoms with Gasteiger partial charge in [-0.1, -0.05) is 34.1 Å². The van der Waals surface area contributed by atoms with Crippen LogP contribution < -0.4 is 0 Å². The Hall–Kier alpha value is -1.16. The van der Waals surface area contributed by atoms with Gasteiger partial charge in [-0.3, -0.25) is 14.5 Å². The zero-order valence-corrected chi connectivity index (χ0v) is 11.2. The Morgan fingerprint density at radius 2 is 1.82 bits per heavy atom. The molecule has 0 bridgehead atoms. The van der Waals surface area contributed by atoms with Crippen molar-refractivity contribution in [3.63, 3.8) is 0 Å². The number of hydrogen-bond donors (Lipinski definition) is 0. The number of amides is 2. The fourth-order valence-corrected chi connectivity index (χ4v) is 2.84. The Labute approximate surface area is 109 Å². The van der Waals surface area contributed by atoms with Crippen LogP contribution in [0.15, 0.2) is 28.7 Å². The van der Waals surface area contributed by atoms with Gasteiger partial charge in [-0.05, 0) is 18.6 Å². The highest BCUT2D eigenvalue weighted by atomic mass is 79.9. The van der Waals surface area contributed by atoms with Gasteiger partial charge in [0.05, 0.1) is 0 Å². The summed E-state index contributed by atoms with van der Waals surface area (Å²) in [5.74, 6) is -0.123. The molecular weight excluding hydrogens is 282 g/mol. The van der Waals surface area contributed by atoms with E-state index < -0.39 is 0 Å². The Morgan fingerprint density at radius 3 is 2.35 bits per heavy atom. The molecule has 4 heteroatoms. The summed E-state index contributed by atoms with van der Waals surface area (Å²) in [4.78, 5) is 25.0. The molecule has 90 valence electrons. The lowest BCUT2D eigenvalue weighted by Gasteiger charge is -2.29. The van der Waals surface area contributed by atoms with E-state index in [1.807, 2.05) is 31.2 Å². The van der Waals surface area contributed by atoms with Crippen molar-refractivity contribution >= 4 is 27.7 Å². The van der Waals surface area contributed by atoms with Gasteiger partial charge in [0, 0.05) is 29.8 Å². The van der Waals surface area contributed by atoms with Crippen LogP contribution in [0, 0.1) is 0 Å². The van der Waals surface area contributed by atoms with Gasteiger partial charge in [-0.15, -0.1) is 0 Å². The summed E-state index contributed by atoms with van der Waals surface area (Å²) in [7, 11) is 0. The van der Waals surface area contributed by atoms with Crippen LogP contribution in [0.3, 0.4) is 0 Å². The second kappa shape index (κ2) is 5.00. The zero-order chi connectivity index (χ0) is 12.4. The molecule has 0 spiro atoms. The minimum atomic E-state index is -0.0653. The van der Waals surface area contributed by atoms with Gasteiger partial charge < -0.3 is 0 Å². The van der Waals surface area contributed by atoms with Crippen LogP contribution >= 0.6 is 15.9 Å². The number of hydrogen-bond acceptors (Lipinski definition) is 2. The quantitative estimate of drug-likeness (QED) is 0.787. The van der Waals surface area contributed by atoms with E-state index in [0.717, 1.165) is 10.0 Å². The molecule has 0 unspecified atom stereocenters. The van der Waals surface area contributed by atoms with Crippen LogP contribution in [-0.4, -0.2) is 23.3 Å². The smallest absolute Gasteiger partial charge is 0.229 e. The van der Waals surface area contributed by atoms with Gasteiger partial charge in [0.1, 0.15) is 0 Å². The summed E-state index contributed by atoms with van der Waals surface area (Å²) >= 11 is 3.47. The molecule has 17 heavy (non-hydrogen) atoms. The third kappa shape index (κ3) is 2.41. The summed E-state index contributed by atoms with van der Waals surface area (Å²) in [6, 6.07) is 7.77.